The average molecular weight is 436 g/mol. The van der Waals surface area contributed by atoms with E-state index >= 15 is 0 Å². The molecule has 8 nitrogen and oxygen atoms in total. The molecule has 4 rings (SSSR count). The maximum Gasteiger partial charge on any atom is 0.323 e. The molecule has 0 bridgehead atoms. The number of hydrogen-bond donors (Lipinski definition) is 2. The standard InChI is InChI=1S/C19H21N3O5S2/c1-22(19(25)21-18-20-8-17(29-18)28-9-16(23)24)13-4-2-11(6-13)12-3-5-14-15(7-12)27-10-26-14/h3,5,7-8,11,13H,2,4,6,9-10H2,1H3,(H,23,24)(H,20,21,25). The van der Waals surface area contributed by atoms with E-state index in [1.165, 1.54) is 28.7 Å². The van der Waals surface area contributed by atoms with Crippen molar-refractivity contribution in [1.82, 2.24) is 9.88 Å². The van der Waals surface area contributed by atoms with Gasteiger partial charge < -0.3 is 19.5 Å². The minimum absolute atomic E-state index is 0.0290. The number of hydrogen-bond acceptors (Lipinski definition) is 7. The van der Waals surface area contributed by atoms with Crippen molar-refractivity contribution in [1.29, 1.82) is 0 Å². The minimum Gasteiger partial charge on any atom is -0.481 e. The zero-order valence-electron chi connectivity index (χ0n) is 15.8. The summed E-state index contributed by atoms with van der Waals surface area (Å²) >= 11 is 2.46. The number of aromatic nitrogens is 1. The maximum absolute atomic E-state index is 12.6. The Labute approximate surface area is 176 Å². The number of rotatable bonds is 6. The van der Waals surface area contributed by atoms with E-state index in [2.05, 4.69) is 16.4 Å². The van der Waals surface area contributed by atoms with Crippen molar-refractivity contribution in [3.05, 3.63) is 30.0 Å². The molecule has 1 aliphatic carbocycles. The molecule has 2 aromatic rings. The second-order valence-corrected chi connectivity index (χ2v) is 9.29. The Balaban J connectivity index is 1.32. The van der Waals surface area contributed by atoms with Crippen molar-refractivity contribution in [3.63, 3.8) is 0 Å². The molecule has 2 atom stereocenters. The summed E-state index contributed by atoms with van der Waals surface area (Å²) in [6.07, 6.45) is 4.41. The Morgan fingerprint density at radius 2 is 2.17 bits per heavy atom. The van der Waals surface area contributed by atoms with Gasteiger partial charge in [0.15, 0.2) is 16.6 Å². The second kappa shape index (κ2) is 8.50. The highest BCUT2D eigenvalue weighted by molar-refractivity contribution is 8.01. The Morgan fingerprint density at radius 1 is 1.34 bits per heavy atom. The summed E-state index contributed by atoms with van der Waals surface area (Å²) in [5.41, 5.74) is 1.21. The topological polar surface area (TPSA) is 101 Å². The van der Waals surface area contributed by atoms with Crippen molar-refractivity contribution in [3.8, 4) is 11.5 Å². The largest absolute Gasteiger partial charge is 0.481 e. The lowest BCUT2D eigenvalue weighted by atomic mass is 9.97. The number of thioether (sulfide) groups is 1. The molecule has 0 spiro atoms. The summed E-state index contributed by atoms with van der Waals surface area (Å²) in [5, 5.41) is 12.0. The average Bonchev–Trinajstić information content (AvgIpc) is 3.45. The van der Waals surface area contributed by atoms with Gasteiger partial charge in [-0.1, -0.05) is 17.4 Å². The number of nitrogens with zero attached hydrogens (tertiary/aromatic N) is 2. The number of nitrogens with one attached hydrogen (secondary N) is 1. The number of benzene rings is 1. The fraction of sp³-hybridized carbons (Fsp3) is 0.421. The van der Waals surface area contributed by atoms with Crippen LogP contribution in [-0.2, 0) is 4.79 Å². The van der Waals surface area contributed by atoms with Crippen LogP contribution in [0.3, 0.4) is 0 Å². The fourth-order valence-electron chi connectivity index (χ4n) is 3.64. The van der Waals surface area contributed by atoms with Gasteiger partial charge in [-0.2, -0.15) is 0 Å². The van der Waals surface area contributed by atoms with Gasteiger partial charge in [0.25, 0.3) is 0 Å². The summed E-state index contributed by atoms with van der Waals surface area (Å²) in [6.45, 7) is 0.266. The van der Waals surface area contributed by atoms with Crippen LogP contribution in [0.4, 0.5) is 9.93 Å². The van der Waals surface area contributed by atoms with E-state index in [9.17, 15) is 9.59 Å². The third kappa shape index (κ3) is 4.59. The van der Waals surface area contributed by atoms with Crippen LogP contribution in [-0.4, -0.2) is 52.6 Å². The van der Waals surface area contributed by atoms with Gasteiger partial charge in [-0.05, 0) is 42.9 Å². The van der Waals surface area contributed by atoms with Crippen LogP contribution in [0.5, 0.6) is 11.5 Å². The lowest BCUT2D eigenvalue weighted by Gasteiger charge is -2.24. The zero-order valence-corrected chi connectivity index (χ0v) is 17.4. The van der Waals surface area contributed by atoms with E-state index < -0.39 is 5.97 Å². The SMILES string of the molecule is CN(C(=O)Nc1ncc(SCC(=O)O)s1)C1CCC(c2ccc3c(c2)OCO3)C1. The maximum atomic E-state index is 12.6. The van der Waals surface area contributed by atoms with Gasteiger partial charge in [-0.3, -0.25) is 10.1 Å². The molecule has 29 heavy (non-hydrogen) atoms. The first kappa shape index (κ1) is 19.8. The fourth-order valence-corrected chi connectivity index (χ4v) is 5.22. The zero-order chi connectivity index (χ0) is 20.4. The molecule has 2 heterocycles. The first-order valence-corrected chi connectivity index (χ1v) is 11.0. The second-order valence-electron chi connectivity index (χ2n) is 6.98. The van der Waals surface area contributed by atoms with Gasteiger partial charge in [0.1, 0.15) is 0 Å². The van der Waals surface area contributed by atoms with Crippen LogP contribution >= 0.6 is 23.1 Å². The van der Waals surface area contributed by atoms with Gasteiger partial charge in [0.05, 0.1) is 16.2 Å². The van der Waals surface area contributed by atoms with Crippen LogP contribution in [0.2, 0.25) is 0 Å². The molecule has 1 aromatic carbocycles. The molecule has 154 valence electrons. The predicted octanol–water partition coefficient (Wildman–Crippen LogP) is 3.85. The summed E-state index contributed by atoms with van der Waals surface area (Å²) in [5.74, 6) is 1.04. The van der Waals surface area contributed by atoms with Crippen LogP contribution < -0.4 is 14.8 Å². The van der Waals surface area contributed by atoms with Crippen LogP contribution in [0.1, 0.15) is 30.7 Å². The third-order valence-electron chi connectivity index (χ3n) is 5.18. The molecule has 0 radical (unpaired) electrons. The highest BCUT2D eigenvalue weighted by atomic mass is 32.2. The highest BCUT2D eigenvalue weighted by Crippen LogP contribution is 2.41. The number of aliphatic carboxylic acids is 1. The van der Waals surface area contributed by atoms with E-state index in [4.69, 9.17) is 14.6 Å². The van der Waals surface area contributed by atoms with Crippen molar-refractivity contribution >= 4 is 40.2 Å². The number of anilines is 1. The van der Waals surface area contributed by atoms with Gasteiger partial charge in [-0.25, -0.2) is 9.78 Å². The number of carboxylic acids is 1. The molecule has 0 saturated heterocycles. The first-order chi connectivity index (χ1) is 14.0. The van der Waals surface area contributed by atoms with E-state index in [-0.39, 0.29) is 24.6 Å². The molecule has 2 aliphatic rings. The van der Waals surface area contributed by atoms with E-state index in [1.807, 2.05) is 12.1 Å². The van der Waals surface area contributed by atoms with Gasteiger partial charge in [0.2, 0.25) is 6.79 Å². The lowest BCUT2D eigenvalue weighted by Crippen LogP contribution is -2.38. The smallest absolute Gasteiger partial charge is 0.323 e. The molecule has 1 aromatic heterocycles. The molecular formula is C19H21N3O5S2. The quantitative estimate of drug-likeness (QED) is 0.665. The Bertz CT molecular complexity index is 919. The number of amides is 2. The minimum atomic E-state index is -0.882. The summed E-state index contributed by atoms with van der Waals surface area (Å²) in [4.78, 5) is 29.2. The molecular weight excluding hydrogens is 414 g/mol. The number of carbonyl (C=O) groups excluding carboxylic acids is 1. The molecule has 1 saturated carbocycles. The van der Waals surface area contributed by atoms with Gasteiger partial charge in [-0.15, -0.1) is 11.8 Å². The van der Waals surface area contributed by atoms with Crippen molar-refractivity contribution in [2.75, 3.05) is 24.9 Å². The summed E-state index contributed by atoms with van der Waals surface area (Å²) in [6, 6.07) is 6.01. The third-order valence-corrected chi connectivity index (χ3v) is 7.27. The van der Waals surface area contributed by atoms with Gasteiger partial charge >= 0.3 is 12.0 Å². The van der Waals surface area contributed by atoms with E-state index in [0.717, 1.165) is 35.0 Å². The Morgan fingerprint density at radius 3 is 3.00 bits per heavy atom. The van der Waals surface area contributed by atoms with Crippen LogP contribution in [0, 0.1) is 0 Å². The Hall–Kier alpha value is -2.46. The molecule has 10 heteroatoms. The van der Waals surface area contributed by atoms with E-state index in [1.54, 1.807) is 18.1 Å². The highest BCUT2D eigenvalue weighted by Gasteiger charge is 2.31. The molecule has 1 fully saturated rings. The first-order valence-electron chi connectivity index (χ1n) is 9.23. The Kier molecular flexibility index (Phi) is 5.81. The van der Waals surface area contributed by atoms with Crippen LogP contribution in [0.25, 0.3) is 0 Å². The lowest BCUT2D eigenvalue weighted by molar-refractivity contribution is -0.133. The van der Waals surface area contributed by atoms with Crippen molar-refractivity contribution in [2.24, 2.45) is 0 Å². The van der Waals surface area contributed by atoms with Crippen molar-refractivity contribution in [2.45, 2.75) is 35.4 Å². The van der Waals surface area contributed by atoms with Gasteiger partial charge in [0, 0.05) is 13.1 Å². The van der Waals surface area contributed by atoms with Crippen LogP contribution in [0.15, 0.2) is 28.6 Å². The number of ether oxygens (including phenoxy) is 2. The molecule has 2 amide bonds. The number of thiazole rings is 1. The van der Waals surface area contributed by atoms with E-state index in [0.29, 0.717) is 11.0 Å². The predicted molar refractivity (Wildman–Crippen MR) is 110 cm³/mol. The number of carboxylic acid groups (broad SMARTS) is 1. The summed E-state index contributed by atoms with van der Waals surface area (Å²) < 4.78 is 11.6. The molecule has 1 aliphatic heterocycles. The number of fused-ring (bicyclic) bond motifs is 1. The monoisotopic (exact) mass is 435 g/mol. The molecule has 2 N–H and O–H groups in total. The number of carbonyl (C=O) groups is 2. The van der Waals surface area contributed by atoms with Crippen molar-refractivity contribution < 1.29 is 24.2 Å². The normalized spacial score (nSPS) is 19.9. The molecule has 2 unspecified atom stereocenters. The number of urea groups is 1. The summed E-state index contributed by atoms with van der Waals surface area (Å²) in [7, 11) is 1.80.